The summed E-state index contributed by atoms with van der Waals surface area (Å²) < 4.78 is 0. The van der Waals surface area contributed by atoms with Gasteiger partial charge in [0.1, 0.15) is 0 Å². The first-order valence-corrected chi connectivity index (χ1v) is 7.81. The zero-order valence-corrected chi connectivity index (χ0v) is 11.5. The average molecular weight is 235 g/mol. The van der Waals surface area contributed by atoms with Crippen LogP contribution in [0.25, 0.3) is 0 Å². The van der Waals surface area contributed by atoms with Crippen molar-refractivity contribution < 1.29 is 0 Å². The van der Waals surface area contributed by atoms with Gasteiger partial charge in [0.05, 0.1) is 0 Å². The summed E-state index contributed by atoms with van der Waals surface area (Å²) in [5.74, 6) is 1.84. The Hall–Kier alpha value is -0.300. The van der Waals surface area contributed by atoms with Gasteiger partial charge in [-0.15, -0.1) is 0 Å². The van der Waals surface area contributed by atoms with Gasteiger partial charge in [0, 0.05) is 6.54 Å². The Morgan fingerprint density at radius 2 is 2.00 bits per heavy atom. The van der Waals surface area contributed by atoms with Gasteiger partial charge in [0.25, 0.3) is 0 Å². The zero-order valence-electron chi connectivity index (χ0n) is 11.5. The maximum atomic E-state index is 3.60. The summed E-state index contributed by atoms with van der Waals surface area (Å²) in [5, 5.41) is 3.60. The number of hydrogen-bond donors (Lipinski definition) is 1. The molecule has 98 valence electrons. The molecule has 0 aromatic heterocycles. The largest absolute Gasteiger partial charge is 0.316 e. The summed E-state index contributed by atoms with van der Waals surface area (Å²) in [6.07, 6.45) is 15.5. The van der Waals surface area contributed by atoms with Gasteiger partial charge in [-0.05, 0) is 56.9 Å². The van der Waals surface area contributed by atoms with Crippen molar-refractivity contribution in [1.29, 1.82) is 0 Å². The van der Waals surface area contributed by atoms with Gasteiger partial charge in [-0.3, -0.25) is 0 Å². The molecule has 0 aromatic carbocycles. The molecule has 1 fully saturated rings. The quantitative estimate of drug-likeness (QED) is 0.701. The SMILES string of the molecule is CCNCC(C1=CCCCC1)C1CCCCC1. The second-order valence-corrected chi connectivity index (χ2v) is 5.84. The van der Waals surface area contributed by atoms with E-state index < -0.39 is 0 Å². The number of allylic oxidation sites excluding steroid dienone is 1. The molecular formula is C16H29N. The molecule has 1 saturated carbocycles. The molecule has 1 unspecified atom stereocenters. The molecule has 1 N–H and O–H groups in total. The van der Waals surface area contributed by atoms with Crippen LogP contribution in [0.4, 0.5) is 0 Å². The van der Waals surface area contributed by atoms with Gasteiger partial charge in [-0.1, -0.05) is 37.8 Å². The highest BCUT2D eigenvalue weighted by Gasteiger charge is 2.26. The molecule has 0 radical (unpaired) electrons. The highest BCUT2D eigenvalue weighted by molar-refractivity contribution is 5.11. The van der Waals surface area contributed by atoms with Crippen LogP contribution in [0, 0.1) is 11.8 Å². The standard InChI is InChI=1S/C16H29N/c1-2-17-13-16(14-9-5-3-6-10-14)15-11-7-4-8-12-15/h9,15-17H,2-8,10-13H2,1H3. The topological polar surface area (TPSA) is 12.0 Å². The van der Waals surface area contributed by atoms with Crippen molar-refractivity contribution in [3.8, 4) is 0 Å². The monoisotopic (exact) mass is 235 g/mol. The van der Waals surface area contributed by atoms with E-state index >= 15 is 0 Å². The fourth-order valence-corrected chi connectivity index (χ4v) is 3.64. The Bertz CT molecular complexity index is 238. The molecular weight excluding hydrogens is 206 g/mol. The summed E-state index contributed by atoms with van der Waals surface area (Å²) >= 11 is 0. The summed E-state index contributed by atoms with van der Waals surface area (Å²) in [5.41, 5.74) is 1.80. The van der Waals surface area contributed by atoms with E-state index in [0.29, 0.717) is 0 Å². The van der Waals surface area contributed by atoms with Crippen LogP contribution < -0.4 is 5.32 Å². The summed E-state index contributed by atoms with van der Waals surface area (Å²) in [7, 11) is 0. The van der Waals surface area contributed by atoms with E-state index in [0.717, 1.165) is 18.4 Å². The van der Waals surface area contributed by atoms with Crippen LogP contribution in [0.15, 0.2) is 11.6 Å². The van der Waals surface area contributed by atoms with Crippen molar-refractivity contribution in [2.75, 3.05) is 13.1 Å². The van der Waals surface area contributed by atoms with E-state index in [1.165, 1.54) is 64.3 Å². The third kappa shape index (κ3) is 3.84. The molecule has 0 spiro atoms. The van der Waals surface area contributed by atoms with Crippen LogP contribution in [0.5, 0.6) is 0 Å². The van der Waals surface area contributed by atoms with Crippen LogP contribution in [0.1, 0.15) is 64.7 Å². The van der Waals surface area contributed by atoms with Crippen LogP contribution in [-0.2, 0) is 0 Å². The van der Waals surface area contributed by atoms with Crippen LogP contribution in [-0.4, -0.2) is 13.1 Å². The Balaban J connectivity index is 1.97. The van der Waals surface area contributed by atoms with E-state index in [2.05, 4.69) is 18.3 Å². The maximum Gasteiger partial charge on any atom is 0.00194 e. The normalized spacial score (nSPS) is 24.4. The second-order valence-electron chi connectivity index (χ2n) is 5.84. The second kappa shape index (κ2) is 7.20. The fourth-order valence-electron chi connectivity index (χ4n) is 3.64. The first-order valence-electron chi connectivity index (χ1n) is 7.81. The fraction of sp³-hybridized carbons (Fsp3) is 0.875. The molecule has 0 aliphatic heterocycles. The number of nitrogens with one attached hydrogen (secondary N) is 1. The molecule has 0 amide bonds. The van der Waals surface area contributed by atoms with Crippen molar-refractivity contribution in [3.05, 3.63) is 11.6 Å². The van der Waals surface area contributed by atoms with E-state index in [9.17, 15) is 0 Å². The molecule has 0 aromatic rings. The van der Waals surface area contributed by atoms with E-state index in [1.807, 2.05) is 0 Å². The molecule has 2 rings (SSSR count). The first-order chi connectivity index (χ1) is 8.42. The Morgan fingerprint density at radius 3 is 2.65 bits per heavy atom. The third-order valence-corrected chi connectivity index (χ3v) is 4.64. The molecule has 0 bridgehead atoms. The Labute approximate surface area is 107 Å². The van der Waals surface area contributed by atoms with Crippen molar-refractivity contribution in [2.24, 2.45) is 11.8 Å². The number of rotatable bonds is 5. The summed E-state index contributed by atoms with van der Waals surface area (Å²) in [6, 6.07) is 0. The summed E-state index contributed by atoms with van der Waals surface area (Å²) in [4.78, 5) is 0. The van der Waals surface area contributed by atoms with E-state index in [4.69, 9.17) is 0 Å². The van der Waals surface area contributed by atoms with E-state index in [-0.39, 0.29) is 0 Å². The minimum atomic E-state index is 0.857. The molecule has 2 aliphatic carbocycles. The average Bonchev–Trinajstić information content (AvgIpc) is 2.42. The van der Waals surface area contributed by atoms with E-state index in [1.54, 1.807) is 5.57 Å². The highest BCUT2D eigenvalue weighted by Crippen LogP contribution is 2.36. The lowest BCUT2D eigenvalue weighted by Gasteiger charge is -2.33. The summed E-state index contributed by atoms with van der Waals surface area (Å²) in [6.45, 7) is 4.58. The predicted octanol–water partition coefficient (Wildman–Crippen LogP) is 4.29. The van der Waals surface area contributed by atoms with Gasteiger partial charge in [-0.2, -0.15) is 0 Å². The van der Waals surface area contributed by atoms with Crippen molar-refractivity contribution in [2.45, 2.75) is 64.7 Å². The zero-order chi connectivity index (χ0) is 11.9. The maximum absolute atomic E-state index is 3.60. The molecule has 17 heavy (non-hydrogen) atoms. The molecule has 1 heteroatoms. The Morgan fingerprint density at radius 1 is 1.18 bits per heavy atom. The van der Waals surface area contributed by atoms with Gasteiger partial charge < -0.3 is 5.32 Å². The Kier molecular flexibility index (Phi) is 5.57. The lowest BCUT2D eigenvalue weighted by molar-refractivity contribution is 0.263. The van der Waals surface area contributed by atoms with Crippen molar-refractivity contribution >= 4 is 0 Å². The molecule has 2 aliphatic rings. The van der Waals surface area contributed by atoms with Crippen molar-refractivity contribution in [3.63, 3.8) is 0 Å². The van der Waals surface area contributed by atoms with Gasteiger partial charge in [-0.25, -0.2) is 0 Å². The lowest BCUT2D eigenvalue weighted by atomic mass is 9.74. The smallest absolute Gasteiger partial charge is 0.00194 e. The molecule has 0 saturated heterocycles. The van der Waals surface area contributed by atoms with Gasteiger partial charge in [0.2, 0.25) is 0 Å². The van der Waals surface area contributed by atoms with Crippen LogP contribution in [0.3, 0.4) is 0 Å². The molecule has 1 atom stereocenters. The third-order valence-electron chi connectivity index (χ3n) is 4.64. The number of hydrogen-bond acceptors (Lipinski definition) is 1. The van der Waals surface area contributed by atoms with Crippen LogP contribution in [0.2, 0.25) is 0 Å². The van der Waals surface area contributed by atoms with Crippen molar-refractivity contribution in [1.82, 2.24) is 5.32 Å². The van der Waals surface area contributed by atoms with Gasteiger partial charge in [0.15, 0.2) is 0 Å². The van der Waals surface area contributed by atoms with Crippen LogP contribution >= 0.6 is 0 Å². The predicted molar refractivity (Wildman–Crippen MR) is 75.2 cm³/mol. The minimum absolute atomic E-state index is 0.857. The first kappa shape index (κ1) is 13.1. The highest BCUT2D eigenvalue weighted by atomic mass is 14.8. The van der Waals surface area contributed by atoms with Gasteiger partial charge >= 0.3 is 0 Å². The molecule has 1 nitrogen and oxygen atoms in total. The molecule has 0 heterocycles. The minimum Gasteiger partial charge on any atom is -0.316 e. The lowest BCUT2D eigenvalue weighted by Crippen LogP contribution is -2.31.